The van der Waals surface area contributed by atoms with Crippen LogP contribution in [0.25, 0.3) is 22.5 Å². The van der Waals surface area contributed by atoms with Gasteiger partial charge < -0.3 is 10.6 Å². The molecule has 2 amide bonds. The maximum atomic E-state index is 12.9. The third-order valence-corrected chi connectivity index (χ3v) is 5.08. The van der Waals surface area contributed by atoms with E-state index in [1.807, 2.05) is 6.92 Å². The first-order valence-electron chi connectivity index (χ1n) is 10.6. The number of hydrogen-bond donors (Lipinski definition) is 2. The summed E-state index contributed by atoms with van der Waals surface area (Å²) in [5.41, 5.74) is 2.30. The van der Waals surface area contributed by atoms with Gasteiger partial charge in [-0.05, 0) is 48.9 Å². The van der Waals surface area contributed by atoms with Crippen molar-refractivity contribution < 1.29 is 22.8 Å². The number of halogens is 3. The summed E-state index contributed by atoms with van der Waals surface area (Å²) in [7, 11) is 0. The first kappa shape index (κ1) is 24.5. The molecule has 36 heavy (non-hydrogen) atoms. The van der Waals surface area contributed by atoms with Gasteiger partial charge in [-0.1, -0.05) is 6.07 Å². The lowest BCUT2D eigenvalue weighted by Gasteiger charge is -2.12. The molecule has 0 aliphatic heterocycles. The van der Waals surface area contributed by atoms with Crippen LogP contribution in [0.1, 0.15) is 28.5 Å². The molecule has 4 aromatic rings. The van der Waals surface area contributed by atoms with Gasteiger partial charge in [0.1, 0.15) is 11.5 Å². The topological polar surface area (TPSA) is 110 Å². The van der Waals surface area contributed by atoms with Crippen molar-refractivity contribution in [3.63, 3.8) is 0 Å². The van der Waals surface area contributed by atoms with E-state index in [0.29, 0.717) is 40.1 Å². The highest BCUT2D eigenvalue weighted by Gasteiger charge is 2.33. The highest BCUT2D eigenvalue weighted by atomic mass is 19.4. The Kier molecular flexibility index (Phi) is 6.73. The van der Waals surface area contributed by atoms with Gasteiger partial charge in [-0.15, -0.1) is 0 Å². The monoisotopic (exact) mass is 492 g/mol. The van der Waals surface area contributed by atoms with Crippen LogP contribution < -0.4 is 10.6 Å². The zero-order chi connectivity index (χ0) is 25.9. The normalized spacial score (nSPS) is 11.1. The number of nitrogens with one attached hydrogen (secondary N) is 2. The van der Waals surface area contributed by atoms with Crippen LogP contribution >= 0.6 is 0 Å². The summed E-state index contributed by atoms with van der Waals surface area (Å²) in [6.45, 7) is 3.24. The molecule has 0 unspecified atom stereocenters. The minimum atomic E-state index is -4.66. The van der Waals surface area contributed by atoms with Gasteiger partial charge >= 0.3 is 6.18 Å². The van der Waals surface area contributed by atoms with Crippen LogP contribution in [0.4, 0.5) is 24.7 Å². The average molecular weight is 492 g/mol. The van der Waals surface area contributed by atoms with Gasteiger partial charge in [-0.2, -0.15) is 13.2 Å². The smallest absolute Gasteiger partial charge is 0.322 e. The molecule has 2 N–H and O–H groups in total. The number of rotatable bonds is 5. The van der Waals surface area contributed by atoms with Crippen molar-refractivity contribution in [3.8, 4) is 22.5 Å². The first-order chi connectivity index (χ1) is 17.1. The van der Waals surface area contributed by atoms with Crippen molar-refractivity contribution in [2.45, 2.75) is 20.0 Å². The second kappa shape index (κ2) is 9.90. The third kappa shape index (κ3) is 5.69. The summed E-state index contributed by atoms with van der Waals surface area (Å²) in [5.74, 6) is -0.590. The SMILES string of the molecule is CC(=O)Nc1cc(-c2cncc(-c3cc(NC(=O)c4ccnc(C(F)(F)F)c4)ccc3C)n2)ccn1. The zero-order valence-corrected chi connectivity index (χ0v) is 19.1. The molecule has 11 heteroatoms. The fourth-order valence-corrected chi connectivity index (χ4v) is 3.38. The summed E-state index contributed by atoms with van der Waals surface area (Å²) in [4.78, 5) is 40.2. The summed E-state index contributed by atoms with van der Waals surface area (Å²) < 4.78 is 38.8. The second-order valence-electron chi connectivity index (χ2n) is 7.81. The van der Waals surface area contributed by atoms with Crippen molar-refractivity contribution in [1.82, 2.24) is 19.9 Å². The largest absolute Gasteiger partial charge is 0.433 e. The Hall–Kier alpha value is -4.67. The van der Waals surface area contributed by atoms with Crippen molar-refractivity contribution >= 4 is 23.3 Å². The van der Waals surface area contributed by atoms with Gasteiger partial charge in [-0.25, -0.2) is 9.97 Å². The number of alkyl halides is 3. The van der Waals surface area contributed by atoms with E-state index >= 15 is 0 Å². The molecule has 0 saturated heterocycles. The van der Waals surface area contributed by atoms with Gasteiger partial charge in [0.05, 0.1) is 23.8 Å². The molecule has 0 bridgehead atoms. The van der Waals surface area contributed by atoms with Gasteiger partial charge in [0.2, 0.25) is 5.91 Å². The lowest BCUT2D eigenvalue weighted by Crippen LogP contribution is -2.15. The molecule has 4 rings (SSSR count). The molecule has 0 fully saturated rings. The Balaban J connectivity index is 1.62. The van der Waals surface area contributed by atoms with Crippen LogP contribution in [0, 0.1) is 6.92 Å². The van der Waals surface area contributed by atoms with E-state index in [2.05, 4.69) is 30.6 Å². The lowest BCUT2D eigenvalue weighted by atomic mass is 10.0. The maximum Gasteiger partial charge on any atom is 0.433 e. The predicted molar refractivity (Wildman–Crippen MR) is 127 cm³/mol. The number of pyridine rings is 2. The number of carbonyl (C=O) groups excluding carboxylic acids is 2. The van der Waals surface area contributed by atoms with Crippen LogP contribution in [0.5, 0.6) is 0 Å². The maximum absolute atomic E-state index is 12.9. The summed E-state index contributed by atoms with van der Waals surface area (Å²) in [5, 5.41) is 5.23. The second-order valence-corrected chi connectivity index (χ2v) is 7.81. The molecule has 3 aromatic heterocycles. The average Bonchev–Trinajstić information content (AvgIpc) is 2.84. The quantitative estimate of drug-likeness (QED) is 0.399. The van der Waals surface area contributed by atoms with E-state index in [0.717, 1.165) is 11.8 Å². The molecule has 3 heterocycles. The van der Waals surface area contributed by atoms with Crippen LogP contribution in [-0.2, 0) is 11.0 Å². The Morgan fingerprint density at radius 3 is 2.39 bits per heavy atom. The molecular formula is C25H19F3N6O2. The van der Waals surface area contributed by atoms with E-state index < -0.39 is 17.8 Å². The number of amides is 2. The van der Waals surface area contributed by atoms with Gasteiger partial charge in [0.15, 0.2) is 0 Å². The molecule has 8 nitrogen and oxygen atoms in total. The highest BCUT2D eigenvalue weighted by molar-refractivity contribution is 6.04. The Morgan fingerprint density at radius 2 is 1.64 bits per heavy atom. The highest BCUT2D eigenvalue weighted by Crippen LogP contribution is 2.29. The number of hydrogen-bond acceptors (Lipinski definition) is 6. The molecule has 0 saturated carbocycles. The van der Waals surface area contributed by atoms with E-state index in [-0.39, 0.29) is 11.5 Å². The minimum Gasteiger partial charge on any atom is -0.322 e. The van der Waals surface area contributed by atoms with Crippen molar-refractivity contribution in [3.05, 3.63) is 84.1 Å². The Bertz CT molecular complexity index is 1460. The minimum absolute atomic E-state index is 0.172. The fourth-order valence-electron chi connectivity index (χ4n) is 3.38. The molecule has 182 valence electrons. The lowest BCUT2D eigenvalue weighted by molar-refractivity contribution is -0.141. The molecule has 0 aliphatic rings. The van der Waals surface area contributed by atoms with Crippen LogP contribution in [0.15, 0.2) is 67.3 Å². The Morgan fingerprint density at radius 1 is 0.889 bits per heavy atom. The molecule has 0 radical (unpaired) electrons. The first-order valence-corrected chi connectivity index (χ1v) is 10.6. The van der Waals surface area contributed by atoms with Crippen LogP contribution in [-0.4, -0.2) is 31.8 Å². The van der Waals surface area contributed by atoms with Crippen LogP contribution in [0.3, 0.4) is 0 Å². The standard InChI is InChI=1S/C25H19F3N6O2/c1-14-3-4-18(33-24(36)17-6-7-30-22(9-17)25(26,27)28)11-19(14)21-13-29-12-20(34-21)16-5-8-31-23(10-16)32-15(2)35/h3-13H,1-2H3,(H,33,36)(H,31,32,35). The van der Waals surface area contributed by atoms with Crippen molar-refractivity contribution in [2.75, 3.05) is 10.6 Å². The van der Waals surface area contributed by atoms with E-state index in [1.54, 1.807) is 48.9 Å². The third-order valence-electron chi connectivity index (χ3n) is 5.08. The van der Waals surface area contributed by atoms with Crippen LogP contribution in [0.2, 0.25) is 0 Å². The number of nitrogens with zero attached hydrogens (tertiary/aromatic N) is 4. The Labute approximate surface area is 203 Å². The summed E-state index contributed by atoms with van der Waals surface area (Å²) in [6.07, 6.45) is 0.953. The van der Waals surface area contributed by atoms with Gasteiger partial charge in [0, 0.05) is 41.7 Å². The number of carbonyl (C=O) groups is 2. The number of aromatic nitrogens is 4. The fraction of sp³-hybridized carbons (Fsp3) is 0.120. The van der Waals surface area contributed by atoms with Crippen molar-refractivity contribution in [1.29, 1.82) is 0 Å². The molecule has 0 aliphatic carbocycles. The summed E-state index contributed by atoms with van der Waals surface area (Å²) in [6, 6.07) is 10.4. The molecular weight excluding hydrogens is 473 g/mol. The summed E-state index contributed by atoms with van der Waals surface area (Å²) >= 11 is 0. The van der Waals surface area contributed by atoms with E-state index in [1.165, 1.54) is 13.0 Å². The van der Waals surface area contributed by atoms with E-state index in [9.17, 15) is 22.8 Å². The zero-order valence-electron chi connectivity index (χ0n) is 19.1. The molecule has 1 aromatic carbocycles. The molecule has 0 spiro atoms. The number of anilines is 2. The predicted octanol–water partition coefficient (Wildman–Crippen LogP) is 5.14. The van der Waals surface area contributed by atoms with E-state index in [4.69, 9.17) is 0 Å². The molecule has 0 atom stereocenters. The number of aryl methyl sites for hydroxylation is 1. The van der Waals surface area contributed by atoms with Gasteiger partial charge in [-0.3, -0.25) is 19.6 Å². The number of benzene rings is 1. The van der Waals surface area contributed by atoms with Gasteiger partial charge in [0.25, 0.3) is 5.91 Å². The van der Waals surface area contributed by atoms with Crippen molar-refractivity contribution in [2.24, 2.45) is 0 Å².